The summed E-state index contributed by atoms with van der Waals surface area (Å²) in [6, 6.07) is 2.95. The minimum atomic E-state index is -0.523. The summed E-state index contributed by atoms with van der Waals surface area (Å²) in [5.74, 6) is -0.523. The monoisotopic (exact) mass is 289 g/mol. The number of halogens is 2. The van der Waals surface area contributed by atoms with Crippen molar-refractivity contribution in [3.8, 4) is 0 Å². The van der Waals surface area contributed by atoms with Crippen molar-refractivity contribution in [3.63, 3.8) is 0 Å². The molecule has 0 amide bonds. The summed E-state index contributed by atoms with van der Waals surface area (Å²) in [5.41, 5.74) is 6.18. The molecule has 98 valence electrons. The Morgan fingerprint density at radius 1 is 1.44 bits per heavy atom. The first-order valence-electron chi connectivity index (χ1n) is 5.61. The topological polar surface area (TPSA) is 61.6 Å². The molecule has 1 heterocycles. The minimum Gasteiger partial charge on any atom is -0.456 e. The number of carbonyl (C=O) groups is 1. The fraction of sp³-hybridized carbons (Fsp3) is 0.417. The molecule has 18 heavy (non-hydrogen) atoms. The fourth-order valence-electron chi connectivity index (χ4n) is 1.78. The van der Waals surface area contributed by atoms with Gasteiger partial charge in [0.05, 0.1) is 22.2 Å². The van der Waals surface area contributed by atoms with Crippen LogP contribution in [0.1, 0.15) is 23.2 Å². The van der Waals surface area contributed by atoms with Crippen LogP contribution >= 0.6 is 23.2 Å². The number of nitrogen functional groups attached to an aromatic ring is 1. The second kappa shape index (κ2) is 5.78. The minimum absolute atomic E-state index is 0.160. The fourth-order valence-corrected chi connectivity index (χ4v) is 2.19. The van der Waals surface area contributed by atoms with Crippen LogP contribution in [-0.2, 0) is 9.47 Å². The molecular formula is C12H13Cl2NO3. The van der Waals surface area contributed by atoms with Gasteiger partial charge in [0.15, 0.2) is 0 Å². The lowest BCUT2D eigenvalue weighted by Gasteiger charge is -2.22. The number of benzene rings is 1. The highest BCUT2D eigenvalue weighted by Gasteiger charge is 2.22. The van der Waals surface area contributed by atoms with Crippen molar-refractivity contribution in [1.29, 1.82) is 0 Å². The highest BCUT2D eigenvalue weighted by Crippen LogP contribution is 2.29. The van der Waals surface area contributed by atoms with Gasteiger partial charge in [-0.1, -0.05) is 23.2 Å². The van der Waals surface area contributed by atoms with Gasteiger partial charge in [-0.15, -0.1) is 0 Å². The third kappa shape index (κ3) is 3.07. The van der Waals surface area contributed by atoms with Crippen molar-refractivity contribution in [1.82, 2.24) is 0 Å². The number of anilines is 1. The third-order valence-electron chi connectivity index (χ3n) is 2.66. The Morgan fingerprint density at radius 2 is 2.22 bits per heavy atom. The molecule has 0 spiro atoms. The largest absolute Gasteiger partial charge is 0.456 e. The molecule has 0 aliphatic carbocycles. The van der Waals surface area contributed by atoms with E-state index in [4.69, 9.17) is 38.4 Å². The molecule has 0 saturated carbocycles. The first-order chi connectivity index (χ1) is 8.58. The van der Waals surface area contributed by atoms with Crippen LogP contribution in [0.15, 0.2) is 12.1 Å². The second-order valence-electron chi connectivity index (χ2n) is 4.11. The first-order valence-corrected chi connectivity index (χ1v) is 6.37. The van der Waals surface area contributed by atoms with E-state index in [1.807, 2.05) is 0 Å². The second-order valence-corrected chi connectivity index (χ2v) is 4.89. The zero-order valence-corrected chi connectivity index (χ0v) is 11.1. The van der Waals surface area contributed by atoms with Gasteiger partial charge in [0, 0.05) is 12.3 Å². The van der Waals surface area contributed by atoms with Crippen molar-refractivity contribution < 1.29 is 14.3 Å². The number of nitrogens with two attached hydrogens (primary N) is 1. The predicted molar refractivity (Wildman–Crippen MR) is 70.1 cm³/mol. The lowest BCUT2D eigenvalue weighted by molar-refractivity contribution is -0.0305. The molecule has 0 radical (unpaired) electrons. The maximum atomic E-state index is 12.0. The lowest BCUT2D eigenvalue weighted by Crippen LogP contribution is -2.28. The zero-order chi connectivity index (χ0) is 13.1. The number of esters is 1. The van der Waals surface area contributed by atoms with E-state index in [-0.39, 0.29) is 21.7 Å². The maximum Gasteiger partial charge on any atom is 0.340 e. The molecular weight excluding hydrogens is 277 g/mol. The lowest BCUT2D eigenvalue weighted by atomic mass is 10.1. The van der Waals surface area contributed by atoms with Gasteiger partial charge in [-0.05, 0) is 25.0 Å². The molecule has 2 rings (SSSR count). The van der Waals surface area contributed by atoms with E-state index >= 15 is 0 Å². The Hall–Kier alpha value is -0.970. The van der Waals surface area contributed by atoms with Gasteiger partial charge in [-0.3, -0.25) is 0 Å². The van der Waals surface area contributed by atoms with Gasteiger partial charge in [0.25, 0.3) is 0 Å². The number of carbonyl (C=O) groups excluding carboxylic acids is 1. The van der Waals surface area contributed by atoms with Crippen molar-refractivity contribution in [2.24, 2.45) is 0 Å². The van der Waals surface area contributed by atoms with Crippen LogP contribution in [0, 0.1) is 0 Å². The van der Waals surface area contributed by atoms with Crippen LogP contribution in [0.3, 0.4) is 0 Å². The molecule has 1 aliphatic rings. The molecule has 1 aromatic carbocycles. The van der Waals surface area contributed by atoms with Crippen LogP contribution in [0.25, 0.3) is 0 Å². The van der Waals surface area contributed by atoms with E-state index in [1.165, 1.54) is 12.1 Å². The van der Waals surface area contributed by atoms with Crippen molar-refractivity contribution in [3.05, 3.63) is 27.7 Å². The molecule has 1 unspecified atom stereocenters. The van der Waals surface area contributed by atoms with Crippen molar-refractivity contribution in [2.45, 2.75) is 18.9 Å². The van der Waals surface area contributed by atoms with Crippen molar-refractivity contribution >= 4 is 34.9 Å². The molecule has 1 aliphatic heterocycles. The summed E-state index contributed by atoms with van der Waals surface area (Å²) in [6.07, 6.45) is 1.44. The standard InChI is InChI=1S/C12H13Cl2NO3/c13-10-5-7(15)4-9(11(10)14)12(16)18-8-2-1-3-17-6-8/h4-5,8H,1-3,6,15H2. The van der Waals surface area contributed by atoms with E-state index in [2.05, 4.69) is 0 Å². The molecule has 0 aromatic heterocycles. The molecule has 1 saturated heterocycles. The van der Waals surface area contributed by atoms with Gasteiger partial charge in [-0.25, -0.2) is 4.79 Å². The van der Waals surface area contributed by atoms with Crippen LogP contribution in [-0.4, -0.2) is 25.3 Å². The average Bonchev–Trinajstić information content (AvgIpc) is 2.35. The van der Waals surface area contributed by atoms with Gasteiger partial charge in [0.2, 0.25) is 0 Å². The molecule has 1 fully saturated rings. The van der Waals surface area contributed by atoms with E-state index in [0.29, 0.717) is 18.9 Å². The molecule has 4 nitrogen and oxygen atoms in total. The van der Waals surface area contributed by atoms with Crippen LogP contribution in [0.5, 0.6) is 0 Å². The van der Waals surface area contributed by atoms with Crippen LogP contribution in [0.2, 0.25) is 10.0 Å². The quantitative estimate of drug-likeness (QED) is 0.672. The summed E-state index contributed by atoms with van der Waals surface area (Å²) in [7, 11) is 0. The van der Waals surface area contributed by atoms with E-state index < -0.39 is 5.97 Å². The molecule has 0 bridgehead atoms. The Labute approximate surface area is 115 Å². The van der Waals surface area contributed by atoms with Gasteiger partial charge in [0.1, 0.15) is 6.10 Å². The number of hydrogen-bond acceptors (Lipinski definition) is 4. The summed E-state index contributed by atoms with van der Waals surface area (Å²) >= 11 is 11.8. The SMILES string of the molecule is Nc1cc(Cl)c(Cl)c(C(=O)OC2CCCOC2)c1. The summed E-state index contributed by atoms with van der Waals surface area (Å²) in [5, 5.41) is 0.399. The normalized spacial score (nSPS) is 19.6. The van der Waals surface area contributed by atoms with Gasteiger partial charge < -0.3 is 15.2 Å². The van der Waals surface area contributed by atoms with E-state index in [0.717, 1.165) is 12.8 Å². The molecule has 1 atom stereocenters. The molecule has 2 N–H and O–H groups in total. The van der Waals surface area contributed by atoms with E-state index in [9.17, 15) is 4.79 Å². The van der Waals surface area contributed by atoms with Crippen molar-refractivity contribution in [2.75, 3.05) is 18.9 Å². The van der Waals surface area contributed by atoms with Crippen LogP contribution in [0.4, 0.5) is 5.69 Å². The zero-order valence-electron chi connectivity index (χ0n) is 9.62. The smallest absolute Gasteiger partial charge is 0.340 e. The number of hydrogen-bond donors (Lipinski definition) is 1. The Morgan fingerprint density at radius 3 is 2.89 bits per heavy atom. The number of ether oxygens (including phenoxy) is 2. The highest BCUT2D eigenvalue weighted by atomic mass is 35.5. The third-order valence-corrected chi connectivity index (χ3v) is 3.46. The van der Waals surface area contributed by atoms with E-state index in [1.54, 1.807) is 0 Å². The molecule has 6 heteroatoms. The maximum absolute atomic E-state index is 12.0. The van der Waals surface area contributed by atoms with Crippen LogP contribution < -0.4 is 5.73 Å². The Kier molecular flexibility index (Phi) is 4.32. The van der Waals surface area contributed by atoms with Gasteiger partial charge >= 0.3 is 5.97 Å². The highest BCUT2D eigenvalue weighted by molar-refractivity contribution is 6.44. The number of rotatable bonds is 2. The average molecular weight is 290 g/mol. The first kappa shape index (κ1) is 13.5. The Balaban J connectivity index is 2.13. The summed E-state index contributed by atoms with van der Waals surface area (Å²) < 4.78 is 10.5. The Bertz CT molecular complexity index is 459. The summed E-state index contributed by atoms with van der Waals surface area (Å²) in [4.78, 5) is 12.0. The molecule has 1 aromatic rings. The summed E-state index contributed by atoms with van der Waals surface area (Å²) in [6.45, 7) is 1.12. The van der Waals surface area contributed by atoms with Gasteiger partial charge in [-0.2, -0.15) is 0 Å². The predicted octanol–water partition coefficient (Wildman–Crippen LogP) is 2.91.